The van der Waals surface area contributed by atoms with E-state index in [1.165, 1.54) is 6.33 Å². The molecule has 1 atom stereocenters. The van der Waals surface area contributed by atoms with E-state index in [0.717, 1.165) is 18.0 Å². The lowest BCUT2D eigenvalue weighted by atomic mass is 10.2. The zero-order chi connectivity index (χ0) is 12.8. The average molecular weight is 276 g/mol. The number of aromatic nitrogens is 2. The lowest BCUT2D eigenvalue weighted by Gasteiger charge is -2.27. The lowest BCUT2D eigenvalue weighted by Crippen LogP contribution is -2.30. The molecule has 0 aromatic carbocycles. The largest absolute Gasteiger partial charge is 0.490 e. The number of thioether (sulfide) groups is 1. The lowest BCUT2D eigenvalue weighted by molar-refractivity contribution is 0.409. The van der Waals surface area contributed by atoms with Crippen molar-refractivity contribution in [2.45, 2.75) is 19.4 Å². The van der Waals surface area contributed by atoms with Crippen molar-refractivity contribution in [2.24, 2.45) is 0 Å². The Bertz CT molecular complexity index is 365. The summed E-state index contributed by atoms with van der Waals surface area (Å²) in [6.07, 6.45) is 4.65. The van der Waals surface area contributed by atoms with E-state index in [2.05, 4.69) is 28.0 Å². The summed E-state index contributed by atoms with van der Waals surface area (Å²) < 4.78 is 5.25. The van der Waals surface area contributed by atoms with Gasteiger partial charge < -0.3 is 9.64 Å². The number of methoxy groups -OCH3 is 1. The van der Waals surface area contributed by atoms with E-state index in [0.29, 0.717) is 16.9 Å². The third-order valence-corrected chi connectivity index (χ3v) is 3.59. The van der Waals surface area contributed by atoms with E-state index in [1.807, 2.05) is 18.8 Å². The maximum absolute atomic E-state index is 5.98. The SMILES string of the molecule is COc1c(Cl)ncnc1N(C)C(C)CCSC. The zero-order valence-corrected chi connectivity index (χ0v) is 12.2. The van der Waals surface area contributed by atoms with Crippen molar-refractivity contribution in [1.82, 2.24) is 9.97 Å². The molecule has 1 heterocycles. The summed E-state index contributed by atoms with van der Waals surface area (Å²) in [5.74, 6) is 2.39. The Kier molecular flexibility index (Phi) is 5.85. The van der Waals surface area contributed by atoms with Gasteiger partial charge >= 0.3 is 0 Å². The summed E-state index contributed by atoms with van der Waals surface area (Å²) in [5, 5.41) is 0.349. The van der Waals surface area contributed by atoms with Gasteiger partial charge in [-0.05, 0) is 25.4 Å². The third kappa shape index (κ3) is 3.64. The molecular weight excluding hydrogens is 258 g/mol. The molecule has 1 unspecified atom stereocenters. The number of nitrogens with zero attached hydrogens (tertiary/aromatic N) is 3. The van der Waals surface area contributed by atoms with Crippen molar-refractivity contribution in [2.75, 3.05) is 31.1 Å². The van der Waals surface area contributed by atoms with Crippen molar-refractivity contribution in [3.8, 4) is 5.75 Å². The second kappa shape index (κ2) is 6.91. The van der Waals surface area contributed by atoms with Gasteiger partial charge in [-0.2, -0.15) is 11.8 Å². The van der Waals surface area contributed by atoms with E-state index >= 15 is 0 Å². The van der Waals surface area contributed by atoms with Crippen LogP contribution in [0.15, 0.2) is 6.33 Å². The summed E-state index contributed by atoms with van der Waals surface area (Å²) in [7, 11) is 3.57. The standard InChI is InChI=1S/C11H18ClN3OS/c1-8(5-6-17-4)15(2)11-9(16-3)10(12)13-7-14-11/h7-8H,5-6H2,1-4H3. The number of halogens is 1. The predicted molar refractivity (Wildman–Crippen MR) is 74.5 cm³/mol. The van der Waals surface area contributed by atoms with Crippen LogP contribution in [0.5, 0.6) is 5.75 Å². The van der Waals surface area contributed by atoms with Gasteiger partial charge in [0.1, 0.15) is 6.33 Å². The molecule has 0 aliphatic carbocycles. The molecule has 0 radical (unpaired) electrons. The first kappa shape index (κ1) is 14.4. The maximum Gasteiger partial charge on any atom is 0.199 e. The van der Waals surface area contributed by atoms with Gasteiger partial charge in [0.25, 0.3) is 0 Å². The van der Waals surface area contributed by atoms with Gasteiger partial charge in [0, 0.05) is 13.1 Å². The molecule has 1 rings (SSSR count). The van der Waals surface area contributed by atoms with Gasteiger partial charge in [-0.1, -0.05) is 11.6 Å². The number of ether oxygens (including phenoxy) is 1. The summed E-state index contributed by atoms with van der Waals surface area (Å²) in [6, 6.07) is 0.377. The highest BCUT2D eigenvalue weighted by atomic mass is 35.5. The molecule has 1 aromatic heterocycles. The molecule has 0 aliphatic heterocycles. The molecule has 0 spiro atoms. The fourth-order valence-electron chi connectivity index (χ4n) is 1.46. The Hall–Kier alpha value is -0.680. The Labute approximate surface area is 112 Å². The predicted octanol–water partition coefficient (Wildman–Crippen LogP) is 2.72. The van der Waals surface area contributed by atoms with Crippen LogP contribution in [0.25, 0.3) is 0 Å². The Morgan fingerprint density at radius 3 is 2.82 bits per heavy atom. The van der Waals surface area contributed by atoms with Crippen LogP contribution in [-0.2, 0) is 0 Å². The monoisotopic (exact) mass is 275 g/mol. The smallest absolute Gasteiger partial charge is 0.199 e. The van der Waals surface area contributed by atoms with Crippen LogP contribution in [0.3, 0.4) is 0 Å². The minimum atomic E-state index is 0.349. The number of anilines is 1. The molecule has 0 amide bonds. The molecular formula is C11H18ClN3OS. The first-order valence-electron chi connectivity index (χ1n) is 5.38. The van der Waals surface area contributed by atoms with E-state index in [-0.39, 0.29) is 0 Å². The summed E-state index contributed by atoms with van der Waals surface area (Å²) in [6.45, 7) is 2.16. The minimum Gasteiger partial charge on any atom is -0.490 e. The van der Waals surface area contributed by atoms with Gasteiger partial charge in [-0.15, -0.1) is 0 Å². The molecule has 0 N–H and O–H groups in total. The first-order valence-corrected chi connectivity index (χ1v) is 7.15. The highest BCUT2D eigenvalue weighted by molar-refractivity contribution is 7.98. The van der Waals surface area contributed by atoms with Gasteiger partial charge in [-0.25, -0.2) is 9.97 Å². The highest BCUT2D eigenvalue weighted by Gasteiger charge is 2.18. The zero-order valence-electron chi connectivity index (χ0n) is 10.6. The number of hydrogen-bond donors (Lipinski definition) is 0. The van der Waals surface area contributed by atoms with Crippen molar-refractivity contribution < 1.29 is 4.74 Å². The first-order chi connectivity index (χ1) is 8.11. The van der Waals surface area contributed by atoms with Gasteiger partial charge in [-0.3, -0.25) is 0 Å². The van der Waals surface area contributed by atoms with Crippen molar-refractivity contribution in [3.63, 3.8) is 0 Å². The van der Waals surface area contributed by atoms with Gasteiger partial charge in [0.05, 0.1) is 7.11 Å². The van der Waals surface area contributed by atoms with Crippen LogP contribution in [0.1, 0.15) is 13.3 Å². The summed E-state index contributed by atoms with van der Waals surface area (Å²) in [5.41, 5.74) is 0. The fourth-order valence-corrected chi connectivity index (χ4v) is 2.24. The van der Waals surface area contributed by atoms with Crippen LogP contribution >= 0.6 is 23.4 Å². The van der Waals surface area contributed by atoms with Crippen LogP contribution in [-0.4, -0.2) is 42.2 Å². The van der Waals surface area contributed by atoms with Crippen LogP contribution in [0, 0.1) is 0 Å². The Morgan fingerprint density at radius 2 is 2.24 bits per heavy atom. The molecule has 96 valence electrons. The second-order valence-electron chi connectivity index (χ2n) is 3.76. The molecule has 0 bridgehead atoms. The number of rotatable bonds is 6. The second-order valence-corrected chi connectivity index (χ2v) is 5.11. The molecule has 6 heteroatoms. The Morgan fingerprint density at radius 1 is 1.53 bits per heavy atom. The van der Waals surface area contributed by atoms with E-state index in [4.69, 9.17) is 16.3 Å². The molecule has 17 heavy (non-hydrogen) atoms. The van der Waals surface area contributed by atoms with E-state index in [9.17, 15) is 0 Å². The van der Waals surface area contributed by atoms with E-state index in [1.54, 1.807) is 7.11 Å². The number of hydrogen-bond acceptors (Lipinski definition) is 5. The Balaban J connectivity index is 2.87. The quantitative estimate of drug-likeness (QED) is 0.747. The van der Waals surface area contributed by atoms with Gasteiger partial charge in [0.2, 0.25) is 0 Å². The third-order valence-electron chi connectivity index (χ3n) is 2.68. The van der Waals surface area contributed by atoms with Crippen LogP contribution in [0.2, 0.25) is 5.15 Å². The summed E-state index contributed by atoms with van der Waals surface area (Å²) >= 11 is 7.81. The van der Waals surface area contributed by atoms with E-state index < -0.39 is 0 Å². The molecule has 0 fully saturated rings. The fraction of sp³-hybridized carbons (Fsp3) is 0.636. The highest BCUT2D eigenvalue weighted by Crippen LogP contribution is 2.32. The molecule has 0 saturated heterocycles. The summed E-state index contributed by atoms with van der Waals surface area (Å²) in [4.78, 5) is 10.2. The van der Waals surface area contributed by atoms with Gasteiger partial charge in [0.15, 0.2) is 16.7 Å². The van der Waals surface area contributed by atoms with Crippen molar-refractivity contribution >= 4 is 29.2 Å². The topological polar surface area (TPSA) is 38.3 Å². The molecule has 0 aliphatic rings. The van der Waals surface area contributed by atoms with Crippen LogP contribution < -0.4 is 9.64 Å². The minimum absolute atomic E-state index is 0.349. The normalized spacial score (nSPS) is 12.3. The molecule has 4 nitrogen and oxygen atoms in total. The maximum atomic E-state index is 5.98. The molecule has 1 aromatic rings. The molecule has 0 saturated carbocycles. The van der Waals surface area contributed by atoms with Crippen LogP contribution in [0.4, 0.5) is 5.82 Å². The van der Waals surface area contributed by atoms with Crippen molar-refractivity contribution in [3.05, 3.63) is 11.5 Å². The van der Waals surface area contributed by atoms with Crippen molar-refractivity contribution in [1.29, 1.82) is 0 Å². The average Bonchev–Trinajstić information content (AvgIpc) is 2.34.